The number of rotatable bonds is 0. The van der Waals surface area contributed by atoms with Crippen molar-refractivity contribution in [2.45, 2.75) is 4.90 Å². The van der Waals surface area contributed by atoms with Gasteiger partial charge < -0.3 is 0 Å². The Morgan fingerprint density at radius 1 is 1.40 bits per heavy atom. The summed E-state index contributed by atoms with van der Waals surface area (Å²) in [5, 5.41) is 1.15. The molecule has 10 heavy (non-hydrogen) atoms. The van der Waals surface area contributed by atoms with E-state index in [1.807, 2.05) is 24.4 Å². The van der Waals surface area contributed by atoms with Crippen LogP contribution in [0.4, 0.5) is 0 Å². The maximum Gasteiger partial charge on any atom is 0.0561 e. The molecule has 3 heteroatoms. The second kappa shape index (κ2) is 2.25. The molecule has 0 aliphatic heterocycles. The smallest absolute Gasteiger partial charge is 0.0561 e. The van der Waals surface area contributed by atoms with Crippen molar-refractivity contribution >= 4 is 34.2 Å². The van der Waals surface area contributed by atoms with Gasteiger partial charge >= 0.3 is 0 Å². The first-order valence-electron chi connectivity index (χ1n) is 2.90. The van der Waals surface area contributed by atoms with E-state index < -0.39 is 0 Å². The molecule has 1 heterocycles. The highest BCUT2D eigenvalue weighted by Gasteiger charge is 1.96. The van der Waals surface area contributed by atoms with Crippen molar-refractivity contribution in [2.24, 2.45) is 0 Å². The van der Waals surface area contributed by atoms with Gasteiger partial charge in [-0.25, -0.2) is 0 Å². The minimum absolute atomic E-state index is 1.01. The molecular formula is C7H5NS2. The second-order valence-electron chi connectivity index (χ2n) is 2.01. The van der Waals surface area contributed by atoms with E-state index in [1.54, 1.807) is 0 Å². The van der Waals surface area contributed by atoms with Crippen molar-refractivity contribution in [3.8, 4) is 0 Å². The number of thiol groups is 1. The highest BCUT2D eigenvalue weighted by molar-refractivity contribution is 7.80. The molecule has 2 aromatic rings. The fourth-order valence-corrected chi connectivity index (χ4v) is 1.89. The van der Waals surface area contributed by atoms with E-state index in [0.29, 0.717) is 0 Å². The molecule has 0 radical (unpaired) electrons. The maximum absolute atomic E-state index is 4.28. The SMILES string of the molecule is Sc1cccc2sncc12. The van der Waals surface area contributed by atoms with Crippen LogP contribution in [0.3, 0.4) is 0 Å². The minimum Gasteiger partial charge on any atom is -0.200 e. The standard InChI is InChI=1S/C7H5NS2/c9-6-2-1-3-7-5(6)4-8-10-7/h1-4,9H. The molecule has 1 aromatic carbocycles. The lowest BCUT2D eigenvalue weighted by molar-refractivity contribution is 1.54. The zero-order valence-corrected chi connectivity index (χ0v) is 6.82. The first kappa shape index (κ1) is 6.19. The summed E-state index contributed by atoms with van der Waals surface area (Å²) in [6.45, 7) is 0. The van der Waals surface area contributed by atoms with E-state index in [4.69, 9.17) is 0 Å². The molecule has 0 aliphatic carbocycles. The van der Waals surface area contributed by atoms with Gasteiger partial charge in [-0.05, 0) is 23.7 Å². The quantitative estimate of drug-likeness (QED) is 0.595. The summed E-state index contributed by atoms with van der Waals surface area (Å²) < 4.78 is 5.26. The minimum atomic E-state index is 1.01. The highest BCUT2D eigenvalue weighted by Crippen LogP contribution is 2.23. The molecule has 0 aliphatic rings. The predicted molar refractivity (Wildman–Crippen MR) is 46.9 cm³/mol. The molecular weight excluding hydrogens is 162 g/mol. The van der Waals surface area contributed by atoms with Crippen LogP contribution in [-0.2, 0) is 0 Å². The van der Waals surface area contributed by atoms with Crippen molar-refractivity contribution in [2.75, 3.05) is 0 Å². The summed E-state index contributed by atoms with van der Waals surface area (Å²) in [5.74, 6) is 0. The van der Waals surface area contributed by atoms with Gasteiger partial charge in [0, 0.05) is 16.5 Å². The summed E-state index contributed by atoms with van der Waals surface area (Å²) in [6, 6.07) is 6.01. The average Bonchev–Trinajstić information content (AvgIpc) is 2.36. The Hall–Kier alpha value is -0.540. The van der Waals surface area contributed by atoms with Crippen LogP contribution in [0.5, 0.6) is 0 Å². The van der Waals surface area contributed by atoms with E-state index in [2.05, 4.69) is 17.0 Å². The average molecular weight is 167 g/mol. The Kier molecular flexibility index (Phi) is 1.39. The van der Waals surface area contributed by atoms with Crippen LogP contribution < -0.4 is 0 Å². The van der Waals surface area contributed by atoms with Gasteiger partial charge in [0.2, 0.25) is 0 Å². The van der Waals surface area contributed by atoms with Crippen LogP contribution in [-0.4, -0.2) is 4.37 Å². The molecule has 1 nitrogen and oxygen atoms in total. The van der Waals surface area contributed by atoms with E-state index in [-0.39, 0.29) is 0 Å². The number of aromatic nitrogens is 1. The normalized spacial score (nSPS) is 10.5. The lowest BCUT2D eigenvalue weighted by Crippen LogP contribution is -1.64. The fourth-order valence-electron chi connectivity index (χ4n) is 0.878. The molecule has 50 valence electrons. The number of nitrogens with zero attached hydrogens (tertiary/aromatic N) is 1. The Morgan fingerprint density at radius 3 is 3.10 bits per heavy atom. The molecule has 0 amide bonds. The van der Waals surface area contributed by atoms with Crippen molar-refractivity contribution < 1.29 is 0 Å². The largest absolute Gasteiger partial charge is 0.200 e. The molecule has 0 saturated carbocycles. The summed E-state index contributed by atoms with van der Waals surface area (Å²) >= 11 is 5.79. The number of benzene rings is 1. The molecule has 1 aromatic heterocycles. The van der Waals surface area contributed by atoms with E-state index in [1.165, 1.54) is 16.2 Å². The number of hydrogen-bond acceptors (Lipinski definition) is 3. The van der Waals surface area contributed by atoms with Crippen LogP contribution in [0.2, 0.25) is 0 Å². The van der Waals surface area contributed by atoms with Gasteiger partial charge in [-0.2, -0.15) is 4.37 Å². The lowest BCUT2D eigenvalue weighted by Gasteiger charge is -1.89. The van der Waals surface area contributed by atoms with Crippen molar-refractivity contribution in [3.05, 3.63) is 24.4 Å². The van der Waals surface area contributed by atoms with Gasteiger partial charge in [0.05, 0.1) is 4.70 Å². The zero-order chi connectivity index (χ0) is 6.97. The molecule has 0 unspecified atom stereocenters. The predicted octanol–water partition coefficient (Wildman–Crippen LogP) is 2.59. The van der Waals surface area contributed by atoms with Gasteiger partial charge in [0.15, 0.2) is 0 Å². The molecule has 2 rings (SSSR count). The first-order chi connectivity index (χ1) is 4.88. The lowest BCUT2D eigenvalue weighted by atomic mass is 10.3. The molecule has 0 N–H and O–H groups in total. The van der Waals surface area contributed by atoms with Gasteiger partial charge in [0.25, 0.3) is 0 Å². The van der Waals surface area contributed by atoms with E-state index >= 15 is 0 Å². The Morgan fingerprint density at radius 2 is 2.30 bits per heavy atom. The van der Waals surface area contributed by atoms with Crippen LogP contribution in [0.25, 0.3) is 10.1 Å². The summed E-state index contributed by atoms with van der Waals surface area (Å²) in [5.41, 5.74) is 0. The third-order valence-electron chi connectivity index (χ3n) is 1.38. The second-order valence-corrected chi connectivity index (χ2v) is 3.33. The summed E-state index contributed by atoms with van der Waals surface area (Å²) in [6.07, 6.45) is 1.85. The molecule has 0 fully saturated rings. The molecule has 0 atom stereocenters. The van der Waals surface area contributed by atoms with Gasteiger partial charge in [-0.3, -0.25) is 0 Å². The fraction of sp³-hybridized carbons (Fsp3) is 0. The van der Waals surface area contributed by atoms with E-state index in [9.17, 15) is 0 Å². The number of hydrogen-bond donors (Lipinski definition) is 1. The third-order valence-corrected chi connectivity index (χ3v) is 2.53. The Labute approximate surface area is 68.3 Å². The van der Waals surface area contributed by atoms with Crippen molar-refractivity contribution in [1.82, 2.24) is 4.37 Å². The van der Waals surface area contributed by atoms with Crippen LogP contribution >= 0.6 is 24.2 Å². The molecule has 0 bridgehead atoms. The zero-order valence-electron chi connectivity index (χ0n) is 5.11. The monoisotopic (exact) mass is 167 g/mol. The van der Waals surface area contributed by atoms with Crippen LogP contribution in [0, 0.1) is 0 Å². The van der Waals surface area contributed by atoms with Crippen LogP contribution in [0.1, 0.15) is 0 Å². The van der Waals surface area contributed by atoms with Crippen LogP contribution in [0.15, 0.2) is 29.3 Å². The van der Waals surface area contributed by atoms with Crippen molar-refractivity contribution in [1.29, 1.82) is 0 Å². The van der Waals surface area contributed by atoms with E-state index in [0.717, 1.165) is 10.3 Å². The number of fused-ring (bicyclic) bond motifs is 1. The van der Waals surface area contributed by atoms with Gasteiger partial charge in [0.1, 0.15) is 0 Å². The summed E-state index contributed by atoms with van der Waals surface area (Å²) in [7, 11) is 0. The van der Waals surface area contributed by atoms with Gasteiger partial charge in [-0.15, -0.1) is 12.6 Å². The topological polar surface area (TPSA) is 12.9 Å². The van der Waals surface area contributed by atoms with Gasteiger partial charge in [-0.1, -0.05) is 6.07 Å². The highest BCUT2D eigenvalue weighted by atomic mass is 32.1. The van der Waals surface area contributed by atoms with Crippen molar-refractivity contribution in [3.63, 3.8) is 0 Å². The Balaban J connectivity index is 2.95. The first-order valence-corrected chi connectivity index (χ1v) is 4.12. The molecule has 0 saturated heterocycles. The molecule has 0 spiro atoms. The summed E-state index contributed by atoms with van der Waals surface area (Å²) in [4.78, 5) is 1.01. The third kappa shape index (κ3) is 0.822. The maximum atomic E-state index is 4.28. The Bertz CT molecular complexity index is 353.